The smallest absolute Gasteiger partial charge is 0.241 e. The van der Waals surface area contributed by atoms with E-state index in [-0.39, 0.29) is 42.3 Å². The maximum atomic E-state index is 14.3. The summed E-state index contributed by atoms with van der Waals surface area (Å²) in [4.78, 5) is 37.0. The molecule has 1 N–H and O–H groups in total. The zero-order valence-electron chi connectivity index (χ0n) is 23.3. The van der Waals surface area contributed by atoms with E-state index in [0.29, 0.717) is 36.7 Å². The Morgan fingerprint density at radius 1 is 1.18 bits per heavy atom. The molecule has 4 heterocycles. The van der Waals surface area contributed by atoms with Crippen LogP contribution < -0.4 is 10.2 Å². The van der Waals surface area contributed by atoms with Crippen LogP contribution in [0.15, 0.2) is 30.5 Å². The molecule has 3 aliphatic heterocycles. The molecular weight excluding hydrogens is 500 g/mol. The van der Waals surface area contributed by atoms with Gasteiger partial charge in [0.2, 0.25) is 11.8 Å². The molecule has 7 nitrogen and oxygen atoms in total. The standard InChI is InChI=1S/C30H39F2N5O2/c1-19-5-8-28(38)36(14-19)16-24-12-33-20(2)15-35(24)17-29(39)37-18-30(3,4)25-13-34-23(11-27(25)37)9-21-6-7-22(31)10-26(21)32/h6-7,10-11,13,19-20,24,33H,5,8-9,12,14-18H2,1-4H3/t19-,20+,24+/m0/s1. The predicted octanol–water partition coefficient (Wildman–Crippen LogP) is 3.50. The van der Waals surface area contributed by atoms with Crippen molar-refractivity contribution in [1.29, 1.82) is 0 Å². The number of amides is 2. The number of halogens is 2. The first kappa shape index (κ1) is 27.6. The third-order valence-electron chi connectivity index (χ3n) is 8.43. The van der Waals surface area contributed by atoms with Gasteiger partial charge in [0.1, 0.15) is 11.6 Å². The van der Waals surface area contributed by atoms with E-state index in [1.807, 2.05) is 15.9 Å². The van der Waals surface area contributed by atoms with Crippen LogP contribution in [0.2, 0.25) is 0 Å². The number of benzene rings is 1. The van der Waals surface area contributed by atoms with Crippen LogP contribution in [-0.4, -0.2) is 78.0 Å². The van der Waals surface area contributed by atoms with Crippen molar-refractivity contribution < 1.29 is 18.4 Å². The number of nitrogens with one attached hydrogen (secondary N) is 1. The summed E-state index contributed by atoms with van der Waals surface area (Å²) in [7, 11) is 0. The van der Waals surface area contributed by atoms with E-state index in [2.05, 4.69) is 42.9 Å². The first-order valence-electron chi connectivity index (χ1n) is 14.0. The normalized spacial score (nSPS) is 25.2. The van der Waals surface area contributed by atoms with Gasteiger partial charge >= 0.3 is 0 Å². The van der Waals surface area contributed by atoms with Crippen molar-refractivity contribution in [3.63, 3.8) is 0 Å². The van der Waals surface area contributed by atoms with Gasteiger partial charge in [-0.3, -0.25) is 19.5 Å². The third kappa shape index (κ3) is 5.99. The number of nitrogens with zero attached hydrogens (tertiary/aromatic N) is 4. The molecule has 3 aliphatic rings. The van der Waals surface area contributed by atoms with E-state index in [4.69, 9.17) is 0 Å². The number of piperidine rings is 1. The molecule has 0 saturated carbocycles. The first-order chi connectivity index (χ1) is 18.5. The Morgan fingerprint density at radius 2 is 1.97 bits per heavy atom. The van der Waals surface area contributed by atoms with Gasteiger partial charge < -0.3 is 15.1 Å². The summed E-state index contributed by atoms with van der Waals surface area (Å²) in [5, 5.41) is 3.52. The molecule has 0 spiro atoms. The Labute approximate surface area is 229 Å². The maximum Gasteiger partial charge on any atom is 0.241 e. The molecule has 2 amide bonds. The van der Waals surface area contributed by atoms with Crippen LogP contribution in [0.1, 0.15) is 57.4 Å². The summed E-state index contributed by atoms with van der Waals surface area (Å²) < 4.78 is 27.7. The molecule has 2 aromatic rings. The monoisotopic (exact) mass is 539 g/mol. The van der Waals surface area contributed by atoms with Gasteiger partial charge in [-0.2, -0.15) is 0 Å². The summed E-state index contributed by atoms with van der Waals surface area (Å²) in [5.41, 5.74) is 2.50. The molecule has 1 aromatic carbocycles. The molecule has 0 aliphatic carbocycles. The fourth-order valence-electron chi connectivity index (χ4n) is 6.17. The summed E-state index contributed by atoms with van der Waals surface area (Å²) in [6.45, 7) is 12.1. The molecule has 2 fully saturated rings. The number of anilines is 1. The van der Waals surface area contributed by atoms with Gasteiger partial charge in [0, 0.05) is 86.6 Å². The van der Waals surface area contributed by atoms with Crippen molar-refractivity contribution in [2.24, 2.45) is 5.92 Å². The lowest BCUT2D eigenvalue weighted by Gasteiger charge is -2.43. The van der Waals surface area contributed by atoms with Crippen LogP contribution in [0.3, 0.4) is 0 Å². The van der Waals surface area contributed by atoms with Gasteiger partial charge in [-0.1, -0.05) is 26.8 Å². The van der Waals surface area contributed by atoms with Gasteiger partial charge in [-0.25, -0.2) is 8.78 Å². The number of likely N-dealkylation sites (tertiary alicyclic amines) is 1. The van der Waals surface area contributed by atoms with Crippen molar-refractivity contribution in [2.75, 3.05) is 44.2 Å². The molecule has 0 bridgehead atoms. The topological polar surface area (TPSA) is 68.8 Å². The number of carbonyl (C=O) groups is 2. The number of fused-ring (bicyclic) bond motifs is 1. The minimum atomic E-state index is -0.614. The lowest BCUT2D eigenvalue weighted by Crippen LogP contribution is -2.61. The number of hydrogen-bond donors (Lipinski definition) is 1. The number of rotatable bonds is 6. The molecule has 9 heteroatoms. The number of piperazine rings is 1. The molecular formula is C30H39F2N5O2. The summed E-state index contributed by atoms with van der Waals surface area (Å²) in [6.07, 6.45) is 3.53. The molecule has 0 radical (unpaired) electrons. The quantitative estimate of drug-likeness (QED) is 0.609. The van der Waals surface area contributed by atoms with Gasteiger partial charge in [0.05, 0.1) is 12.2 Å². The predicted molar refractivity (Wildman–Crippen MR) is 147 cm³/mol. The van der Waals surface area contributed by atoms with Crippen LogP contribution >= 0.6 is 0 Å². The molecule has 0 unspecified atom stereocenters. The zero-order valence-corrected chi connectivity index (χ0v) is 23.3. The van der Waals surface area contributed by atoms with Crippen LogP contribution in [-0.2, 0) is 21.4 Å². The lowest BCUT2D eigenvalue weighted by molar-refractivity contribution is -0.135. The third-order valence-corrected chi connectivity index (χ3v) is 8.43. The average molecular weight is 540 g/mol. The summed E-state index contributed by atoms with van der Waals surface area (Å²) >= 11 is 0. The molecule has 39 heavy (non-hydrogen) atoms. The van der Waals surface area contributed by atoms with Crippen molar-refractivity contribution >= 4 is 17.5 Å². The van der Waals surface area contributed by atoms with Crippen molar-refractivity contribution in [2.45, 2.75) is 64.5 Å². The Morgan fingerprint density at radius 3 is 2.74 bits per heavy atom. The largest absolute Gasteiger partial charge is 0.341 e. The van der Waals surface area contributed by atoms with Crippen LogP contribution in [0.5, 0.6) is 0 Å². The van der Waals surface area contributed by atoms with Crippen LogP contribution in [0, 0.1) is 17.6 Å². The van der Waals surface area contributed by atoms with Crippen molar-refractivity contribution in [3.05, 3.63) is 58.9 Å². The fourth-order valence-corrected chi connectivity index (χ4v) is 6.17. The molecule has 1 aromatic heterocycles. The number of aromatic nitrogens is 1. The van der Waals surface area contributed by atoms with E-state index in [1.54, 1.807) is 6.20 Å². The second-order valence-electron chi connectivity index (χ2n) is 12.3. The number of carbonyl (C=O) groups excluding carboxylic acids is 2. The highest BCUT2D eigenvalue weighted by Gasteiger charge is 2.40. The molecule has 3 atom stereocenters. The highest BCUT2D eigenvalue weighted by molar-refractivity contribution is 5.97. The highest BCUT2D eigenvalue weighted by atomic mass is 19.1. The lowest BCUT2D eigenvalue weighted by atomic mass is 9.88. The van der Waals surface area contributed by atoms with Gasteiger partial charge in [0.15, 0.2) is 0 Å². The van der Waals surface area contributed by atoms with E-state index in [9.17, 15) is 18.4 Å². The Balaban J connectivity index is 1.34. The fraction of sp³-hybridized carbons (Fsp3) is 0.567. The minimum absolute atomic E-state index is 0.00405. The summed E-state index contributed by atoms with van der Waals surface area (Å²) in [6, 6.07) is 5.73. The molecule has 2 saturated heterocycles. The van der Waals surface area contributed by atoms with Crippen LogP contribution in [0.4, 0.5) is 14.5 Å². The van der Waals surface area contributed by atoms with E-state index >= 15 is 0 Å². The van der Waals surface area contributed by atoms with Crippen molar-refractivity contribution in [1.82, 2.24) is 20.1 Å². The number of hydrogen-bond acceptors (Lipinski definition) is 5. The van der Waals surface area contributed by atoms with Gasteiger partial charge in [-0.05, 0) is 37.0 Å². The zero-order chi connectivity index (χ0) is 27.9. The second-order valence-corrected chi connectivity index (χ2v) is 12.3. The van der Waals surface area contributed by atoms with E-state index in [1.165, 1.54) is 12.1 Å². The van der Waals surface area contributed by atoms with E-state index < -0.39 is 11.6 Å². The first-order valence-corrected chi connectivity index (χ1v) is 14.0. The molecule has 5 rings (SSSR count). The Kier molecular flexibility index (Phi) is 7.75. The van der Waals surface area contributed by atoms with Crippen molar-refractivity contribution in [3.8, 4) is 0 Å². The SMILES string of the molecule is C[C@H]1CCC(=O)N(C[C@H]2CN[C@H](C)CN2CC(=O)N2CC(C)(C)c3cnc(Cc4ccc(F)cc4F)cc32)C1. The Bertz CT molecular complexity index is 1250. The Hall–Kier alpha value is -2.91. The van der Waals surface area contributed by atoms with E-state index in [0.717, 1.165) is 43.4 Å². The highest BCUT2D eigenvalue weighted by Crippen LogP contribution is 2.40. The second kappa shape index (κ2) is 10.9. The molecule has 210 valence electrons. The average Bonchev–Trinajstić information content (AvgIpc) is 3.15. The number of pyridine rings is 1. The van der Waals surface area contributed by atoms with Crippen LogP contribution in [0.25, 0.3) is 0 Å². The van der Waals surface area contributed by atoms with Gasteiger partial charge in [0.25, 0.3) is 0 Å². The van der Waals surface area contributed by atoms with Gasteiger partial charge in [-0.15, -0.1) is 0 Å². The summed E-state index contributed by atoms with van der Waals surface area (Å²) in [5.74, 6) is -0.527. The maximum absolute atomic E-state index is 14.3. The minimum Gasteiger partial charge on any atom is -0.341 e.